The fourth-order valence-corrected chi connectivity index (χ4v) is 5.41. The number of thioether (sulfide) groups is 1. The summed E-state index contributed by atoms with van der Waals surface area (Å²) in [6.45, 7) is 2.12. The van der Waals surface area contributed by atoms with Crippen molar-refractivity contribution in [3.8, 4) is 11.3 Å². The lowest BCUT2D eigenvalue weighted by atomic mass is 10.0. The summed E-state index contributed by atoms with van der Waals surface area (Å²) in [5.74, 6) is -0.421. The molecule has 0 saturated carbocycles. The molecule has 32 heavy (non-hydrogen) atoms. The maximum Gasteiger partial charge on any atom is 0.248 e. The van der Waals surface area contributed by atoms with Crippen molar-refractivity contribution in [1.29, 1.82) is 0 Å². The van der Waals surface area contributed by atoms with Gasteiger partial charge in [0.2, 0.25) is 17.1 Å². The Hall–Kier alpha value is -3.57. The second-order valence-corrected chi connectivity index (χ2v) is 9.18. The number of carbonyl (C=O) groups is 1. The van der Waals surface area contributed by atoms with Crippen molar-refractivity contribution >= 4 is 40.3 Å². The van der Waals surface area contributed by atoms with Gasteiger partial charge in [0.1, 0.15) is 7.05 Å². The Morgan fingerprint density at radius 2 is 1.81 bits per heavy atom. The van der Waals surface area contributed by atoms with Crippen LogP contribution < -0.4 is 15.2 Å². The summed E-state index contributed by atoms with van der Waals surface area (Å²) >= 11 is 1.77. The van der Waals surface area contributed by atoms with Gasteiger partial charge < -0.3 is 10.6 Å². The lowest BCUT2D eigenvalue weighted by Gasteiger charge is -2.14. The molecule has 2 heterocycles. The molecule has 158 valence electrons. The first-order valence-electron chi connectivity index (χ1n) is 10.5. The SMILES string of the molecule is Cc1ccc2c(c1)S/C(=C/c1cc(-c3ccccc3)[n+](C)c3ccc(C(N)=O)cc13)N2C. The molecule has 1 aliphatic rings. The summed E-state index contributed by atoms with van der Waals surface area (Å²) in [6.07, 6.45) is 2.21. The van der Waals surface area contributed by atoms with E-state index in [9.17, 15) is 4.79 Å². The normalized spacial score (nSPS) is 14.2. The highest BCUT2D eigenvalue weighted by molar-refractivity contribution is 8.03. The van der Waals surface area contributed by atoms with Crippen molar-refractivity contribution in [3.63, 3.8) is 0 Å². The maximum atomic E-state index is 11.9. The van der Waals surface area contributed by atoms with E-state index in [1.807, 2.05) is 30.3 Å². The van der Waals surface area contributed by atoms with Crippen LogP contribution in [0.5, 0.6) is 0 Å². The lowest BCUT2D eigenvalue weighted by molar-refractivity contribution is -0.633. The van der Waals surface area contributed by atoms with E-state index in [4.69, 9.17) is 5.73 Å². The molecule has 0 saturated heterocycles. The molecule has 5 heteroatoms. The number of nitrogens with zero attached hydrogens (tertiary/aromatic N) is 2. The number of anilines is 1. The number of pyridine rings is 1. The molecule has 1 aliphatic heterocycles. The molecular formula is C27H24N3OS+. The predicted octanol–water partition coefficient (Wildman–Crippen LogP) is 5.28. The fourth-order valence-electron chi connectivity index (χ4n) is 4.21. The third-order valence-corrected chi connectivity index (χ3v) is 7.13. The minimum atomic E-state index is -0.421. The zero-order valence-corrected chi connectivity index (χ0v) is 19.1. The van der Waals surface area contributed by atoms with E-state index in [0.717, 1.165) is 32.8 Å². The Morgan fingerprint density at radius 1 is 1.03 bits per heavy atom. The third-order valence-electron chi connectivity index (χ3n) is 5.98. The van der Waals surface area contributed by atoms with Crippen molar-refractivity contribution in [2.45, 2.75) is 11.8 Å². The number of benzene rings is 3. The number of aryl methyl sites for hydroxylation is 2. The van der Waals surface area contributed by atoms with Crippen LogP contribution in [-0.4, -0.2) is 13.0 Å². The zero-order valence-electron chi connectivity index (χ0n) is 18.3. The van der Waals surface area contributed by atoms with Crippen molar-refractivity contribution in [1.82, 2.24) is 0 Å². The van der Waals surface area contributed by atoms with E-state index in [1.54, 1.807) is 17.8 Å². The molecule has 0 unspecified atom stereocenters. The number of aromatic nitrogens is 1. The van der Waals surface area contributed by atoms with Gasteiger partial charge >= 0.3 is 0 Å². The number of primary amides is 1. The van der Waals surface area contributed by atoms with Gasteiger partial charge in [0.05, 0.1) is 16.1 Å². The summed E-state index contributed by atoms with van der Waals surface area (Å²) in [5, 5.41) is 2.14. The van der Waals surface area contributed by atoms with Crippen LogP contribution in [0, 0.1) is 6.92 Å². The Balaban J connectivity index is 1.74. The average molecular weight is 439 g/mol. The highest BCUT2D eigenvalue weighted by Gasteiger charge is 2.24. The van der Waals surface area contributed by atoms with Crippen molar-refractivity contribution < 1.29 is 9.36 Å². The van der Waals surface area contributed by atoms with Crippen LogP contribution in [0.2, 0.25) is 0 Å². The summed E-state index contributed by atoms with van der Waals surface area (Å²) in [6, 6.07) is 24.8. The van der Waals surface area contributed by atoms with Gasteiger partial charge in [-0.25, -0.2) is 0 Å². The highest BCUT2D eigenvalue weighted by Crippen LogP contribution is 2.46. The second-order valence-electron chi connectivity index (χ2n) is 8.12. The third kappa shape index (κ3) is 3.45. The predicted molar refractivity (Wildman–Crippen MR) is 132 cm³/mol. The van der Waals surface area contributed by atoms with Crippen LogP contribution in [0.3, 0.4) is 0 Å². The molecule has 0 spiro atoms. The van der Waals surface area contributed by atoms with Gasteiger partial charge in [-0.15, -0.1) is 0 Å². The molecule has 4 nitrogen and oxygen atoms in total. The quantitative estimate of drug-likeness (QED) is 0.443. The first-order valence-corrected chi connectivity index (χ1v) is 11.3. The molecular weight excluding hydrogens is 414 g/mol. The minimum absolute atomic E-state index is 0.421. The maximum absolute atomic E-state index is 11.9. The van der Waals surface area contributed by atoms with Gasteiger partial charge in [-0.3, -0.25) is 4.79 Å². The number of nitrogens with two attached hydrogens (primary N) is 1. The standard InChI is InChI=1S/C27H23N3OS/c1-17-9-11-23-25(13-17)32-26(30(23)3)16-20-15-24(18-7-5-4-6-8-18)29(2)22-12-10-19(27(28)31)14-21(20)22/h4-16H,1-3H3,(H-,28,31)/p+1. The smallest absolute Gasteiger partial charge is 0.248 e. The van der Waals surface area contributed by atoms with Gasteiger partial charge in [0.25, 0.3) is 0 Å². The number of fused-ring (bicyclic) bond motifs is 2. The summed E-state index contributed by atoms with van der Waals surface area (Å²) in [5.41, 5.74) is 12.9. The van der Waals surface area contributed by atoms with Crippen LogP contribution in [0.4, 0.5) is 5.69 Å². The topological polar surface area (TPSA) is 50.2 Å². The van der Waals surface area contributed by atoms with Crippen LogP contribution in [0.25, 0.3) is 28.2 Å². The zero-order chi connectivity index (χ0) is 22.4. The van der Waals surface area contributed by atoms with E-state index < -0.39 is 5.91 Å². The van der Waals surface area contributed by atoms with E-state index in [1.165, 1.54) is 16.1 Å². The Labute approximate surface area is 192 Å². The summed E-state index contributed by atoms with van der Waals surface area (Å²) in [7, 11) is 4.15. The van der Waals surface area contributed by atoms with Crippen LogP contribution >= 0.6 is 11.8 Å². The molecule has 4 aromatic rings. The monoisotopic (exact) mass is 438 g/mol. The molecule has 0 radical (unpaired) electrons. The Kier molecular flexibility index (Phi) is 4.98. The first-order chi connectivity index (χ1) is 15.4. The molecule has 3 aromatic carbocycles. The van der Waals surface area contributed by atoms with E-state index in [0.29, 0.717) is 5.56 Å². The van der Waals surface area contributed by atoms with Gasteiger partial charge in [-0.1, -0.05) is 36.0 Å². The van der Waals surface area contributed by atoms with Crippen LogP contribution in [-0.2, 0) is 7.05 Å². The first kappa shape index (κ1) is 20.3. The number of amides is 1. The van der Waals surface area contributed by atoms with Crippen molar-refractivity contribution in [3.05, 3.63) is 94.5 Å². The Bertz CT molecular complexity index is 1410. The molecule has 1 aromatic heterocycles. The molecule has 1 amide bonds. The van der Waals surface area contributed by atoms with Gasteiger partial charge in [0.15, 0.2) is 0 Å². The minimum Gasteiger partial charge on any atom is -0.366 e. The van der Waals surface area contributed by atoms with Crippen molar-refractivity contribution in [2.24, 2.45) is 12.8 Å². The Morgan fingerprint density at radius 3 is 2.56 bits per heavy atom. The highest BCUT2D eigenvalue weighted by atomic mass is 32.2. The molecule has 2 N–H and O–H groups in total. The van der Waals surface area contributed by atoms with Gasteiger partial charge in [0, 0.05) is 35.2 Å². The van der Waals surface area contributed by atoms with E-state index >= 15 is 0 Å². The molecule has 0 fully saturated rings. The molecule has 0 aliphatic carbocycles. The van der Waals surface area contributed by atoms with E-state index in [2.05, 4.69) is 73.0 Å². The van der Waals surface area contributed by atoms with Gasteiger partial charge in [-0.2, -0.15) is 4.57 Å². The number of hydrogen-bond acceptors (Lipinski definition) is 3. The average Bonchev–Trinajstić information content (AvgIpc) is 3.10. The van der Waals surface area contributed by atoms with Gasteiger partial charge in [-0.05, 0) is 60.5 Å². The molecule has 0 bridgehead atoms. The summed E-state index contributed by atoms with van der Waals surface area (Å²) < 4.78 is 2.17. The fraction of sp³-hybridized carbons (Fsp3) is 0.111. The largest absolute Gasteiger partial charge is 0.366 e. The number of rotatable bonds is 3. The van der Waals surface area contributed by atoms with Crippen LogP contribution in [0.1, 0.15) is 21.5 Å². The summed E-state index contributed by atoms with van der Waals surface area (Å²) in [4.78, 5) is 15.4. The number of carbonyl (C=O) groups excluding carboxylic acids is 1. The van der Waals surface area contributed by atoms with E-state index in [-0.39, 0.29) is 0 Å². The van der Waals surface area contributed by atoms with Crippen molar-refractivity contribution in [2.75, 3.05) is 11.9 Å². The molecule has 5 rings (SSSR count). The molecule has 0 atom stereocenters. The van der Waals surface area contributed by atoms with Crippen LogP contribution in [0.15, 0.2) is 82.7 Å². The number of hydrogen-bond donors (Lipinski definition) is 1. The second kappa shape index (κ2) is 7.84. The lowest BCUT2D eigenvalue weighted by Crippen LogP contribution is -2.32.